The van der Waals surface area contributed by atoms with E-state index in [1.54, 1.807) is 12.1 Å². The van der Waals surface area contributed by atoms with Crippen LogP contribution in [0.5, 0.6) is 5.75 Å². The van der Waals surface area contributed by atoms with Crippen molar-refractivity contribution in [1.29, 1.82) is 0 Å². The Labute approximate surface area is 168 Å². The van der Waals surface area contributed by atoms with Crippen molar-refractivity contribution in [2.75, 3.05) is 6.61 Å². The average molecular weight is 406 g/mol. The van der Waals surface area contributed by atoms with Gasteiger partial charge in [-0.05, 0) is 50.3 Å². The Morgan fingerprint density at radius 2 is 1.48 bits per heavy atom. The summed E-state index contributed by atoms with van der Waals surface area (Å²) in [6.45, 7) is 2.32. The number of ether oxygens (including phenoxy) is 1. The molecule has 0 radical (unpaired) electrons. The predicted molar refractivity (Wildman–Crippen MR) is 105 cm³/mol. The summed E-state index contributed by atoms with van der Waals surface area (Å²) in [5.41, 5.74) is 4.08. The highest BCUT2D eigenvalue weighted by Crippen LogP contribution is 2.47. The van der Waals surface area contributed by atoms with Crippen LogP contribution in [0.3, 0.4) is 0 Å². The monoisotopic (exact) mass is 405 g/mol. The van der Waals surface area contributed by atoms with Crippen molar-refractivity contribution in [1.82, 2.24) is 5.32 Å². The molecule has 2 aliphatic carbocycles. The molecule has 142 valence electrons. The Bertz CT molecular complexity index is 836. The van der Waals surface area contributed by atoms with Crippen LogP contribution in [0.15, 0.2) is 34.7 Å². The summed E-state index contributed by atoms with van der Waals surface area (Å²) in [6, 6.07) is 3.57. The zero-order chi connectivity index (χ0) is 19.1. The number of hydrogen-bond donors (Lipinski definition) is 1. The fraction of sp³-hybridized carbons (Fsp3) is 0.429. The molecule has 1 aromatic carbocycles. The van der Waals surface area contributed by atoms with E-state index < -0.39 is 5.92 Å². The standard InChI is InChI=1S/C21H21Cl2NO3/c1-2-27-21-12(22)9-11(10-13(21)23)18-19-14(5-3-7-16(19)25)24-15-6-4-8-17(26)20(15)18/h9-10,18,24H,2-8H2,1H3. The number of dihydropyridines is 1. The Balaban J connectivity index is 1.90. The van der Waals surface area contributed by atoms with Crippen molar-refractivity contribution in [3.63, 3.8) is 0 Å². The van der Waals surface area contributed by atoms with E-state index in [9.17, 15) is 9.59 Å². The van der Waals surface area contributed by atoms with Gasteiger partial charge < -0.3 is 10.1 Å². The molecule has 1 aromatic rings. The maximum absolute atomic E-state index is 12.8. The van der Waals surface area contributed by atoms with Crippen LogP contribution < -0.4 is 10.1 Å². The quantitative estimate of drug-likeness (QED) is 0.760. The maximum atomic E-state index is 12.8. The van der Waals surface area contributed by atoms with E-state index in [0.717, 1.165) is 42.6 Å². The lowest BCUT2D eigenvalue weighted by molar-refractivity contribution is -0.116. The minimum atomic E-state index is -0.400. The highest BCUT2D eigenvalue weighted by Gasteiger charge is 2.40. The Kier molecular flexibility index (Phi) is 5.04. The summed E-state index contributed by atoms with van der Waals surface area (Å²) in [5.74, 6) is 0.231. The average Bonchev–Trinajstić information content (AvgIpc) is 2.63. The van der Waals surface area contributed by atoms with Gasteiger partial charge in [0, 0.05) is 41.3 Å². The van der Waals surface area contributed by atoms with E-state index in [1.165, 1.54) is 0 Å². The number of halogens is 2. The first-order valence-electron chi connectivity index (χ1n) is 9.42. The minimum Gasteiger partial charge on any atom is -0.491 e. The van der Waals surface area contributed by atoms with Crippen LogP contribution in [0.2, 0.25) is 10.0 Å². The molecule has 4 rings (SSSR count). The maximum Gasteiger partial charge on any atom is 0.161 e. The highest BCUT2D eigenvalue weighted by atomic mass is 35.5. The van der Waals surface area contributed by atoms with Crippen molar-refractivity contribution < 1.29 is 14.3 Å². The van der Waals surface area contributed by atoms with E-state index in [1.807, 2.05) is 6.92 Å². The molecule has 1 heterocycles. The van der Waals surface area contributed by atoms with Crippen LogP contribution in [0.1, 0.15) is 56.9 Å². The SMILES string of the molecule is CCOc1c(Cl)cc(C2C3=C(CCCC3=O)NC3=C2C(=O)CCC3)cc1Cl. The third-order valence-corrected chi connectivity index (χ3v) is 6.00. The van der Waals surface area contributed by atoms with E-state index >= 15 is 0 Å². The topological polar surface area (TPSA) is 55.4 Å². The molecule has 0 saturated heterocycles. The molecule has 1 N–H and O–H groups in total. The molecule has 4 nitrogen and oxygen atoms in total. The number of rotatable bonds is 3. The largest absolute Gasteiger partial charge is 0.491 e. The third-order valence-electron chi connectivity index (χ3n) is 5.43. The second-order valence-corrected chi connectivity index (χ2v) is 7.96. The first-order chi connectivity index (χ1) is 13.0. The van der Waals surface area contributed by atoms with Crippen molar-refractivity contribution >= 4 is 34.8 Å². The molecule has 0 unspecified atom stereocenters. The number of allylic oxidation sites excluding steroid dienone is 4. The first kappa shape index (κ1) is 18.6. The van der Waals surface area contributed by atoms with Crippen LogP contribution in [-0.4, -0.2) is 18.2 Å². The summed E-state index contributed by atoms with van der Waals surface area (Å²) in [7, 11) is 0. The number of hydrogen-bond acceptors (Lipinski definition) is 4. The summed E-state index contributed by atoms with van der Waals surface area (Å²) < 4.78 is 5.53. The van der Waals surface area contributed by atoms with Crippen LogP contribution in [0.25, 0.3) is 0 Å². The Hall–Kier alpha value is -1.78. The molecule has 0 aromatic heterocycles. The van der Waals surface area contributed by atoms with Gasteiger partial charge in [0.1, 0.15) is 0 Å². The zero-order valence-corrected chi connectivity index (χ0v) is 16.7. The lowest BCUT2D eigenvalue weighted by atomic mass is 9.71. The van der Waals surface area contributed by atoms with Gasteiger partial charge in [-0.25, -0.2) is 0 Å². The van der Waals surface area contributed by atoms with Gasteiger partial charge >= 0.3 is 0 Å². The van der Waals surface area contributed by atoms with Crippen LogP contribution >= 0.6 is 23.2 Å². The molecule has 0 saturated carbocycles. The van der Waals surface area contributed by atoms with Crippen molar-refractivity contribution in [2.24, 2.45) is 0 Å². The second-order valence-electron chi connectivity index (χ2n) is 7.14. The zero-order valence-electron chi connectivity index (χ0n) is 15.2. The molecule has 27 heavy (non-hydrogen) atoms. The molecular formula is C21H21Cl2NO3. The molecule has 1 aliphatic heterocycles. The van der Waals surface area contributed by atoms with Gasteiger partial charge in [0.05, 0.1) is 16.7 Å². The number of nitrogens with one attached hydrogen (secondary N) is 1. The van der Waals surface area contributed by atoms with Crippen LogP contribution in [-0.2, 0) is 9.59 Å². The fourth-order valence-electron chi connectivity index (χ4n) is 4.35. The summed E-state index contributed by atoms with van der Waals surface area (Å²) >= 11 is 12.9. The number of ketones is 2. The predicted octanol–water partition coefficient (Wildman–Crippen LogP) is 5.09. The molecule has 3 aliphatic rings. The Morgan fingerprint density at radius 1 is 0.963 bits per heavy atom. The van der Waals surface area contributed by atoms with Gasteiger partial charge in [0.15, 0.2) is 17.3 Å². The van der Waals surface area contributed by atoms with Crippen molar-refractivity contribution in [3.8, 4) is 5.75 Å². The molecule has 0 bridgehead atoms. The van der Waals surface area contributed by atoms with Crippen molar-refractivity contribution in [2.45, 2.75) is 51.4 Å². The first-order valence-corrected chi connectivity index (χ1v) is 10.2. The minimum absolute atomic E-state index is 0.0970. The molecule has 0 amide bonds. The van der Waals surface area contributed by atoms with Gasteiger partial charge in [-0.3, -0.25) is 9.59 Å². The normalized spacial score (nSPS) is 20.4. The van der Waals surface area contributed by atoms with E-state index in [0.29, 0.717) is 46.4 Å². The van der Waals surface area contributed by atoms with Gasteiger partial charge in [0.25, 0.3) is 0 Å². The number of Topliss-reactive ketones (excluding diaryl/α,β-unsaturated/α-hetero) is 2. The molecule has 0 atom stereocenters. The molecular weight excluding hydrogens is 385 g/mol. The number of carbonyl (C=O) groups excluding carboxylic acids is 2. The number of benzene rings is 1. The number of carbonyl (C=O) groups is 2. The van der Waals surface area contributed by atoms with Gasteiger partial charge in [-0.1, -0.05) is 23.2 Å². The summed E-state index contributed by atoms with van der Waals surface area (Å²) in [5, 5.41) is 4.20. The van der Waals surface area contributed by atoms with Gasteiger partial charge in [-0.15, -0.1) is 0 Å². The van der Waals surface area contributed by atoms with Gasteiger partial charge in [-0.2, -0.15) is 0 Å². The summed E-state index contributed by atoms with van der Waals surface area (Å²) in [4.78, 5) is 25.6. The lowest BCUT2D eigenvalue weighted by Gasteiger charge is -2.37. The molecule has 0 spiro atoms. The molecule has 0 fully saturated rings. The highest BCUT2D eigenvalue weighted by molar-refractivity contribution is 6.37. The van der Waals surface area contributed by atoms with Gasteiger partial charge in [0.2, 0.25) is 0 Å². The fourth-order valence-corrected chi connectivity index (χ4v) is 4.96. The van der Waals surface area contributed by atoms with E-state index in [4.69, 9.17) is 27.9 Å². The van der Waals surface area contributed by atoms with E-state index in [2.05, 4.69) is 5.32 Å². The second kappa shape index (κ2) is 7.33. The molecule has 6 heteroatoms. The van der Waals surface area contributed by atoms with Crippen molar-refractivity contribution in [3.05, 3.63) is 50.3 Å². The van der Waals surface area contributed by atoms with E-state index in [-0.39, 0.29) is 11.6 Å². The smallest absolute Gasteiger partial charge is 0.161 e. The summed E-state index contributed by atoms with van der Waals surface area (Å²) in [6.07, 6.45) is 4.32. The third kappa shape index (κ3) is 3.19. The lowest BCUT2D eigenvalue weighted by Crippen LogP contribution is -2.36. The van der Waals surface area contributed by atoms with Crippen LogP contribution in [0.4, 0.5) is 0 Å². The Morgan fingerprint density at radius 3 is 1.96 bits per heavy atom. The van der Waals surface area contributed by atoms with Crippen LogP contribution in [0, 0.1) is 0 Å².